The first-order valence-electron chi connectivity index (χ1n) is 11.8. The number of pyridine rings is 1. The van der Waals surface area contributed by atoms with Gasteiger partial charge in [-0.2, -0.15) is 0 Å². The molecule has 1 fully saturated rings. The number of aromatic nitrogens is 3. The number of para-hydroxylation sites is 1. The standard InChI is InChI=1S/C26H30N6O2/c1-18-24(32-10-6-5-9-25(32)28-18)17-30-11-13-31(14-12-30)26(34)23(29-19(2)33)15-20-16-27-22-8-4-3-7-21(20)22/h3-10,16,23,27H,11-15,17H2,1-2H3,(H,29,33)/t23-/m1/s1. The van der Waals surface area contributed by atoms with Crippen LogP contribution in [0.2, 0.25) is 0 Å². The van der Waals surface area contributed by atoms with E-state index in [0.717, 1.165) is 47.4 Å². The van der Waals surface area contributed by atoms with Gasteiger partial charge < -0.3 is 19.6 Å². The van der Waals surface area contributed by atoms with Crippen molar-refractivity contribution in [3.05, 3.63) is 71.8 Å². The Labute approximate surface area is 198 Å². The van der Waals surface area contributed by atoms with Gasteiger partial charge in [0.15, 0.2) is 0 Å². The van der Waals surface area contributed by atoms with Crippen LogP contribution in [0.1, 0.15) is 23.9 Å². The van der Waals surface area contributed by atoms with Crippen LogP contribution in [0, 0.1) is 6.92 Å². The number of imidazole rings is 1. The lowest BCUT2D eigenvalue weighted by Gasteiger charge is -2.36. The number of H-pyrrole nitrogens is 1. The predicted octanol–water partition coefficient (Wildman–Crippen LogP) is 2.52. The van der Waals surface area contributed by atoms with E-state index in [-0.39, 0.29) is 11.8 Å². The molecular weight excluding hydrogens is 428 g/mol. The van der Waals surface area contributed by atoms with E-state index in [4.69, 9.17) is 0 Å². The molecule has 1 aromatic carbocycles. The zero-order valence-electron chi connectivity index (χ0n) is 19.6. The average molecular weight is 459 g/mol. The fourth-order valence-electron chi connectivity index (χ4n) is 4.88. The predicted molar refractivity (Wildman–Crippen MR) is 131 cm³/mol. The molecule has 8 nitrogen and oxygen atoms in total. The largest absolute Gasteiger partial charge is 0.361 e. The highest BCUT2D eigenvalue weighted by Gasteiger charge is 2.29. The van der Waals surface area contributed by atoms with Crippen LogP contribution in [0.4, 0.5) is 0 Å². The van der Waals surface area contributed by atoms with E-state index in [9.17, 15) is 9.59 Å². The second kappa shape index (κ2) is 9.30. The Morgan fingerprint density at radius 3 is 2.65 bits per heavy atom. The van der Waals surface area contributed by atoms with Crippen molar-refractivity contribution in [2.24, 2.45) is 0 Å². The molecule has 4 aromatic rings. The van der Waals surface area contributed by atoms with E-state index < -0.39 is 6.04 Å². The molecule has 8 heteroatoms. The molecule has 0 spiro atoms. The molecule has 3 aromatic heterocycles. The van der Waals surface area contributed by atoms with Crippen molar-refractivity contribution >= 4 is 28.4 Å². The molecule has 2 N–H and O–H groups in total. The number of rotatable bonds is 6. The number of carbonyl (C=O) groups excluding carboxylic acids is 2. The monoisotopic (exact) mass is 458 g/mol. The highest BCUT2D eigenvalue weighted by molar-refractivity contribution is 5.89. The van der Waals surface area contributed by atoms with E-state index in [1.807, 2.05) is 66.7 Å². The maximum absolute atomic E-state index is 13.4. The molecule has 1 atom stereocenters. The summed E-state index contributed by atoms with van der Waals surface area (Å²) in [5, 5.41) is 3.97. The second-order valence-corrected chi connectivity index (χ2v) is 8.99. The van der Waals surface area contributed by atoms with Crippen LogP contribution in [-0.2, 0) is 22.6 Å². The maximum atomic E-state index is 13.4. The zero-order valence-corrected chi connectivity index (χ0v) is 19.6. The van der Waals surface area contributed by atoms with E-state index in [1.54, 1.807) is 0 Å². The summed E-state index contributed by atoms with van der Waals surface area (Å²) in [4.78, 5) is 37.5. The summed E-state index contributed by atoms with van der Waals surface area (Å²) in [5.41, 5.74) is 5.24. The van der Waals surface area contributed by atoms with Crippen LogP contribution in [0.5, 0.6) is 0 Å². The fourth-order valence-corrected chi connectivity index (χ4v) is 4.88. The van der Waals surface area contributed by atoms with Crippen LogP contribution < -0.4 is 5.32 Å². The highest BCUT2D eigenvalue weighted by Crippen LogP contribution is 2.20. The summed E-state index contributed by atoms with van der Waals surface area (Å²) in [6, 6.07) is 13.5. The van der Waals surface area contributed by atoms with Crippen LogP contribution in [0.25, 0.3) is 16.6 Å². The third-order valence-corrected chi connectivity index (χ3v) is 6.66. The van der Waals surface area contributed by atoms with Gasteiger partial charge >= 0.3 is 0 Å². The van der Waals surface area contributed by atoms with Crippen molar-refractivity contribution in [2.45, 2.75) is 32.9 Å². The van der Waals surface area contributed by atoms with Crippen molar-refractivity contribution < 1.29 is 9.59 Å². The van der Waals surface area contributed by atoms with Crippen molar-refractivity contribution in [1.29, 1.82) is 0 Å². The lowest BCUT2D eigenvalue weighted by molar-refractivity contribution is -0.137. The number of hydrogen-bond acceptors (Lipinski definition) is 4. The normalized spacial score (nSPS) is 15.6. The number of amides is 2. The summed E-state index contributed by atoms with van der Waals surface area (Å²) in [5.74, 6) is -0.217. The van der Waals surface area contributed by atoms with Crippen LogP contribution in [0.3, 0.4) is 0 Å². The first-order valence-corrected chi connectivity index (χ1v) is 11.8. The summed E-state index contributed by atoms with van der Waals surface area (Å²) in [7, 11) is 0. The smallest absolute Gasteiger partial charge is 0.245 e. The summed E-state index contributed by atoms with van der Waals surface area (Å²) in [6.45, 7) is 7.15. The first-order chi connectivity index (χ1) is 16.5. The van der Waals surface area contributed by atoms with Gasteiger partial charge in [-0.3, -0.25) is 14.5 Å². The van der Waals surface area contributed by atoms with Crippen LogP contribution in [0.15, 0.2) is 54.9 Å². The van der Waals surface area contributed by atoms with Crippen LogP contribution >= 0.6 is 0 Å². The van der Waals surface area contributed by atoms with Gasteiger partial charge in [-0.05, 0) is 30.7 Å². The Morgan fingerprint density at radius 2 is 1.85 bits per heavy atom. The Bertz CT molecular complexity index is 1330. The van der Waals surface area contributed by atoms with Gasteiger partial charge in [0.05, 0.1) is 11.4 Å². The molecule has 1 aliphatic rings. The minimum Gasteiger partial charge on any atom is -0.361 e. The highest BCUT2D eigenvalue weighted by atomic mass is 16.2. The van der Waals surface area contributed by atoms with Gasteiger partial charge in [0.25, 0.3) is 0 Å². The molecule has 0 unspecified atom stereocenters. The van der Waals surface area contributed by atoms with Gasteiger partial charge in [0, 0.05) is 69.4 Å². The quantitative estimate of drug-likeness (QED) is 0.465. The molecule has 0 aliphatic carbocycles. The molecule has 1 saturated heterocycles. The van der Waals surface area contributed by atoms with Crippen molar-refractivity contribution in [1.82, 2.24) is 29.5 Å². The molecule has 2 amide bonds. The molecule has 0 radical (unpaired) electrons. The van der Waals surface area contributed by atoms with Crippen molar-refractivity contribution in [3.8, 4) is 0 Å². The van der Waals surface area contributed by atoms with E-state index in [2.05, 4.69) is 24.6 Å². The Hall–Kier alpha value is -3.65. The molecule has 0 saturated carbocycles. The van der Waals surface area contributed by atoms with Gasteiger partial charge in [-0.25, -0.2) is 4.98 Å². The SMILES string of the molecule is CC(=O)N[C@H](Cc1c[nH]c2ccccc12)C(=O)N1CCN(Cc2c(C)nc3ccccn23)CC1. The Kier molecular flexibility index (Phi) is 6.06. The lowest BCUT2D eigenvalue weighted by atomic mass is 10.0. The minimum absolute atomic E-state index is 0.0221. The first kappa shape index (κ1) is 22.2. The van der Waals surface area contributed by atoms with Gasteiger partial charge in [-0.1, -0.05) is 24.3 Å². The fraction of sp³-hybridized carbons (Fsp3) is 0.346. The Morgan fingerprint density at radius 1 is 1.09 bits per heavy atom. The van der Waals surface area contributed by atoms with Crippen LogP contribution in [-0.4, -0.2) is 68.2 Å². The lowest BCUT2D eigenvalue weighted by Crippen LogP contribution is -2.55. The number of carbonyl (C=O) groups is 2. The van der Waals surface area contributed by atoms with E-state index in [1.165, 1.54) is 12.6 Å². The molecule has 34 heavy (non-hydrogen) atoms. The number of piperazine rings is 1. The summed E-state index contributed by atoms with van der Waals surface area (Å²) in [6.07, 6.45) is 4.44. The molecule has 0 bridgehead atoms. The van der Waals surface area contributed by atoms with E-state index >= 15 is 0 Å². The molecule has 176 valence electrons. The average Bonchev–Trinajstić information content (AvgIpc) is 3.39. The Balaban J connectivity index is 1.25. The summed E-state index contributed by atoms with van der Waals surface area (Å²) < 4.78 is 2.14. The maximum Gasteiger partial charge on any atom is 0.245 e. The number of nitrogens with one attached hydrogen (secondary N) is 2. The second-order valence-electron chi connectivity index (χ2n) is 8.99. The van der Waals surface area contributed by atoms with Crippen molar-refractivity contribution in [2.75, 3.05) is 26.2 Å². The number of aromatic amines is 1. The molecule has 4 heterocycles. The third kappa shape index (κ3) is 4.41. The zero-order chi connectivity index (χ0) is 23.7. The van der Waals surface area contributed by atoms with Gasteiger partial charge in [-0.15, -0.1) is 0 Å². The number of aryl methyl sites for hydroxylation is 1. The molecule has 5 rings (SSSR count). The summed E-state index contributed by atoms with van der Waals surface area (Å²) >= 11 is 0. The van der Waals surface area contributed by atoms with E-state index in [0.29, 0.717) is 19.5 Å². The van der Waals surface area contributed by atoms with Gasteiger partial charge in [0.2, 0.25) is 11.8 Å². The molecule has 1 aliphatic heterocycles. The number of fused-ring (bicyclic) bond motifs is 2. The minimum atomic E-state index is -0.579. The number of nitrogens with zero attached hydrogens (tertiary/aromatic N) is 4. The van der Waals surface area contributed by atoms with Crippen molar-refractivity contribution in [3.63, 3.8) is 0 Å². The third-order valence-electron chi connectivity index (χ3n) is 6.66. The number of benzene rings is 1. The topological polar surface area (TPSA) is 85.7 Å². The van der Waals surface area contributed by atoms with Gasteiger partial charge in [0.1, 0.15) is 11.7 Å². The molecular formula is C26H30N6O2. The number of hydrogen-bond donors (Lipinski definition) is 2.